The van der Waals surface area contributed by atoms with Crippen LogP contribution < -0.4 is 10.9 Å². The van der Waals surface area contributed by atoms with E-state index in [9.17, 15) is 0 Å². The van der Waals surface area contributed by atoms with Crippen LogP contribution in [-0.2, 0) is 5.41 Å². The molecule has 0 fully saturated rings. The van der Waals surface area contributed by atoms with Gasteiger partial charge in [-0.15, -0.1) is 0 Å². The number of benzene rings is 6. The Bertz CT molecular complexity index is 2640. The van der Waals surface area contributed by atoms with Gasteiger partial charge in [-0.2, -0.15) is 0 Å². The molecule has 47 heavy (non-hydrogen) atoms. The third kappa shape index (κ3) is 3.47. The molecule has 6 aromatic carbocycles. The van der Waals surface area contributed by atoms with Crippen LogP contribution in [0.2, 0.25) is 0 Å². The molecule has 2 aromatic heterocycles. The molecule has 0 unspecified atom stereocenters. The first-order chi connectivity index (χ1) is 22.8. The minimum Gasteiger partial charge on any atom is -0.354 e. The number of para-hydroxylation sites is 3. The fourth-order valence-electron chi connectivity index (χ4n) is 9.41. The average Bonchev–Trinajstić information content (AvgIpc) is 3.69. The first-order valence-electron chi connectivity index (χ1n) is 16.8. The van der Waals surface area contributed by atoms with Gasteiger partial charge in [0.05, 0.1) is 16.7 Å². The fourth-order valence-corrected chi connectivity index (χ4v) is 9.41. The van der Waals surface area contributed by atoms with Crippen LogP contribution in [0.4, 0.5) is 0 Å². The van der Waals surface area contributed by atoms with Gasteiger partial charge in [0.25, 0.3) is 0 Å². The predicted octanol–water partition coefficient (Wildman–Crippen LogP) is 9.53. The minimum absolute atomic E-state index is 0.0746. The molecule has 0 amide bonds. The second-order valence-electron chi connectivity index (χ2n) is 14.4. The minimum atomic E-state index is -0.0746. The van der Waals surface area contributed by atoms with Crippen LogP contribution >= 0.6 is 0 Å². The second kappa shape index (κ2) is 9.17. The maximum Gasteiger partial charge on any atom is 0.198 e. The van der Waals surface area contributed by atoms with Crippen molar-refractivity contribution in [2.75, 3.05) is 0 Å². The summed E-state index contributed by atoms with van der Waals surface area (Å²) in [6.45, 7) is 11.5. The Labute approximate surface area is 275 Å². The molecule has 0 atom stereocenters. The van der Waals surface area contributed by atoms with Gasteiger partial charge >= 0.3 is 0 Å². The van der Waals surface area contributed by atoms with Gasteiger partial charge in [0, 0.05) is 43.9 Å². The number of aromatic nitrogens is 2. The highest BCUT2D eigenvalue weighted by Gasteiger charge is 2.39. The largest absolute Gasteiger partial charge is 0.354 e. The van der Waals surface area contributed by atoms with Crippen LogP contribution in [0.5, 0.6) is 0 Å². The van der Waals surface area contributed by atoms with Crippen molar-refractivity contribution in [2.24, 2.45) is 0 Å². The van der Waals surface area contributed by atoms with E-state index in [0.29, 0.717) is 0 Å². The molecule has 0 radical (unpaired) electrons. The molecule has 2 nitrogen and oxygen atoms in total. The lowest BCUT2D eigenvalue weighted by atomic mass is 9.58. The molecule has 224 valence electrons. The lowest BCUT2D eigenvalue weighted by molar-refractivity contribution is 0.666. The van der Waals surface area contributed by atoms with Crippen molar-refractivity contribution < 1.29 is 0 Å². The maximum absolute atomic E-state index is 4.01. The fraction of sp³-hybridized carbons (Fsp3) is 0.136. The van der Waals surface area contributed by atoms with Gasteiger partial charge in [0.1, 0.15) is 0 Å². The molecule has 0 saturated carbocycles. The summed E-state index contributed by atoms with van der Waals surface area (Å²) in [6, 6.07) is 41.2. The van der Waals surface area contributed by atoms with Crippen molar-refractivity contribution in [1.29, 1.82) is 0 Å². The highest BCUT2D eigenvalue weighted by molar-refractivity contribution is 6.73. The lowest BCUT2D eigenvalue weighted by Gasteiger charge is -2.26. The number of H-pyrrole nitrogens is 1. The lowest BCUT2D eigenvalue weighted by Crippen LogP contribution is -2.37. The van der Waals surface area contributed by atoms with Crippen LogP contribution in [0.3, 0.4) is 0 Å². The number of nitrogens with zero attached hydrogens (tertiary/aromatic N) is 1. The number of hydrogen-bond donors (Lipinski definition) is 1. The second-order valence-corrected chi connectivity index (χ2v) is 14.4. The Morgan fingerprint density at radius 3 is 2.21 bits per heavy atom. The van der Waals surface area contributed by atoms with E-state index >= 15 is 0 Å². The number of fused-ring (bicyclic) bond motifs is 10. The van der Waals surface area contributed by atoms with Gasteiger partial charge in [0.15, 0.2) is 7.28 Å². The van der Waals surface area contributed by atoms with Crippen molar-refractivity contribution in [3.05, 3.63) is 137 Å². The monoisotopic (exact) mass is 602 g/mol. The summed E-state index contributed by atoms with van der Waals surface area (Å²) in [7, 11) is 0.898. The van der Waals surface area contributed by atoms with Gasteiger partial charge in [-0.3, -0.25) is 0 Å². The van der Waals surface area contributed by atoms with E-state index in [1.165, 1.54) is 111 Å². The standard InChI is InChI=1S/C44H35BN2/c1-24-20-25(2)38(26(3)21-24)27-22-33(29-14-10-16-32-39-42(46-41(29)32)31-13-6-8-17-34(31)44(39,4)5)40-37(23-27)47-36-19-9-7-12-28(36)30-15-11-18-35(45-40)43(30)47/h6-23,45-46H,1-5H3. The molecular formula is C44H35BN2. The van der Waals surface area contributed by atoms with E-state index in [-0.39, 0.29) is 5.41 Å². The Morgan fingerprint density at radius 1 is 0.660 bits per heavy atom. The number of aromatic amines is 1. The SMILES string of the molecule is Cc1cc(C)c(-c2cc(-c3cccc4c5c([nH]c34)-c3ccccc3C5(C)C)c3c(c2)-n2c4ccccc4c4cccc(c42)B3)c(C)c1. The molecule has 2 aliphatic rings. The first kappa shape index (κ1) is 26.9. The van der Waals surface area contributed by atoms with Crippen molar-refractivity contribution in [3.8, 4) is 39.2 Å². The quantitative estimate of drug-likeness (QED) is 0.190. The van der Waals surface area contributed by atoms with Gasteiger partial charge in [-0.05, 0) is 83.4 Å². The van der Waals surface area contributed by atoms with E-state index in [0.717, 1.165) is 7.28 Å². The summed E-state index contributed by atoms with van der Waals surface area (Å²) in [4.78, 5) is 4.01. The predicted molar refractivity (Wildman–Crippen MR) is 202 cm³/mol. The highest BCUT2D eigenvalue weighted by atomic mass is 15.0. The molecule has 1 N–H and O–H groups in total. The highest BCUT2D eigenvalue weighted by Crippen LogP contribution is 2.52. The molecule has 1 aliphatic heterocycles. The van der Waals surface area contributed by atoms with Gasteiger partial charge in [0.2, 0.25) is 0 Å². The number of aryl methyl sites for hydroxylation is 3. The molecule has 8 aromatic rings. The number of hydrogen-bond acceptors (Lipinski definition) is 0. The summed E-state index contributed by atoms with van der Waals surface area (Å²) in [5, 5.41) is 3.98. The summed E-state index contributed by atoms with van der Waals surface area (Å²) in [5.41, 5.74) is 22.4. The molecule has 1 aliphatic carbocycles. The van der Waals surface area contributed by atoms with E-state index < -0.39 is 0 Å². The van der Waals surface area contributed by atoms with E-state index in [1.807, 2.05) is 0 Å². The zero-order valence-electron chi connectivity index (χ0n) is 27.5. The topological polar surface area (TPSA) is 20.7 Å². The Morgan fingerprint density at radius 2 is 1.36 bits per heavy atom. The van der Waals surface area contributed by atoms with Crippen molar-refractivity contribution in [1.82, 2.24) is 9.55 Å². The summed E-state index contributed by atoms with van der Waals surface area (Å²) in [6.07, 6.45) is 0. The van der Waals surface area contributed by atoms with Crippen molar-refractivity contribution in [2.45, 2.75) is 40.0 Å². The summed E-state index contributed by atoms with van der Waals surface area (Å²) >= 11 is 0. The van der Waals surface area contributed by atoms with Crippen molar-refractivity contribution in [3.63, 3.8) is 0 Å². The third-order valence-electron chi connectivity index (χ3n) is 11.2. The van der Waals surface area contributed by atoms with Crippen molar-refractivity contribution >= 4 is 50.9 Å². The first-order valence-corrected chi connectivity index (χ1v) is 16.8. The average molecular weight is 603 g/mol. The van der Waals surface area contributed by atoms with Crippen LogP contribution in [0, 0.1) is 20.8 Å². The van der Waals surface area contributed by atoms with Gasteiger partial charge < -0.3 is 9.55 Å². The Kier molecular flexibility index (Phi) is 5.25. The third-order valence-corrected chi connectivity index (χ3v) is 11.2. The zero-order valence-corrected chi connectivity index (χ0v) is 27.5. The summed E-state index contributed by atoms with van der Waals surface area (Å²) in [5.74, 6) is 0. The molecule has 0 bridgehead atoms. The molecular weight excluding hydrogens is 567 g/mol. The van der Waals surface area contributed by atoms with Crippen LogP contribution in [0.25, 0.3) is 71.9 Å². The van der Waals surface area contributed by atoms with Crippen LogP contribution in [0.15, 0.2) is 109 Å². The molecule has 10 rings (SSSR count). The number of rotatable bonds is 2. The smallest absolute Gasteiger partial charge is 0.198 e. The molecule has 0 saturated heterocycles. The van der Waals surface area contributed by atoms with Gasteiger partial charge in [-0.1, -0.05) is 116 Å². The maximum atomic E-state index is 4.01. The van der Waals surface area contributed by atoms with E-state index in [4.69, 9.17) is 0 Å². The zero-order chi connectivity index (χ0) is 31.8. The van der Waals surface area contributed by atoms with Crippen LogP contribution in [0.1, 0.15) is 41.7 Å². The molecule has 3 heterocycles. The Balaban J connectivity index is 1.34. The Hall–Kier alpha value is -5.28. The van der Waals surface area contributed by atoms with E-state index in [2.05, 4.69) is 153 Å². The van der Waals surface area contributed by atoms with Crippen LogP contribution in [-0.4, -0.2) is 16.8 Å². The summed E-state index contributed by atoms with van der Waals surface area (Å²) < 4.78 is 2.55. The van der Waals surface area contributed by atoms with Gasteiger partial charge in [-0.25, -0.2) is 0 Å². The number of nitrogens with one attached hydrogen (secondary N) is 1. The van der Waals surface area contributed by atoms with E-state index in [1.54, 1.807) is 0 Å². The normalized spacial score (nSPS) is 14.0. The molecule has 0 spiro atoms. The molecule has 3 heteroatoms.